The third-order valence-corrected chi connectivity index (χ3v) is 7.09. The molecule has 0 aromatic rings. The molecule has 0 aromatic heterocycles. The molecule has 4 heteroatoms. The van der Waals surface area contributed by atoms with Crippen LogP contribution in [-0.2, 0) is 9.59 Å². The van der Waals surface area contributed by atoms with Gasteiger partial charge in [0.25, 0.3) is 0 Å². The molecule has 5 atom stereocenters. The van der Waals surface area contributed by atoms with E-state index in [9.17, 15) is 14.7 Å². The second kappa shape index (κ2) is 4.39. The average Bonchev–Trinajstić information content (AvgIpc) is 2.62. The van der Waals surface area contributed by atoms with Crippen LogP contribution in [0.5, 0.6) is 0 Å². The smallest absolute Gasteiger partial charge is 0.142 e. The number of Topliss-reactive ketones (excluding diaryl/α,β-unsaturated/α-hetero) is 2. The summed E-state index contributed by atoms with van der Waals surface area (Å²) >= 11 is 0. The lowest BCUT2D eigenvalue weighted by atomic mass is 9.43. The van der Waals surface area contributed by atoms with Crippen LogP contribution in [0.25, 0.3) is 0 Å². The van der Waals surface area contributed by atoms with Gasteiger partial charge in [0.15, 0.2) is 0 Å². The normalized spacial score (nSPS) is 50.5. The van der Waals surface area contributed by atoms with Crippen molar-refractivity contribution in [3.05, 3.63) is 0 Å². The van der Waals surface area contributed by atoms with Crippen LogP contribution in [0.3, 0.4) is 0 Å². The van der Waals surface area contributed by atoms with Crippen LogP contribution in [0.4, 0.5) is 0 Å². The molecule has 1 aliphatic heterocycles. The van der Waals surface area contributed by atoms with Crippen LogP contribution in [-0.4, -0.2) is 47.8 Å². The van der Waals surface area contributed by atoms with Gasteiger partial charge in [0.2, 0.25) is 0 Å². The van der Waals surface area contributed by atoms with Crippen LogP contribution in [0.2, 0.25) is 0 Å². The Morgan fingerprint density at radius 1 is 1.14 bits per heavy atom. The fourth-order valence-electron chi connectivity index (χ4n) is 6.31. The summed E-state index contributed by atoms with van der Waals surface area (Å²) in [7, 11) is 2.07. The highest BCUT2D eigenvalue weighted by Crippen LogP contribution is 2.71. The zero-order valence-corrected chi connectivity index (χ0v) is 12.8. The summed E-state index contributed by atoms with van der Waals surface area (Å²) in [4.78, 5) is 28.1. The van der Waals surface area contributed by atoms with Gasteiger partial charge in [-0.05, 0) is 57.5 Å². The first-order chi connectivity index (χ1) is 10.0. The molecule has 5 aliphatic rings. The van der Waals surface area contributed by atoms with Gasteiger partial charge in [-0.15, -0.1) is 0 Å². The zero-order valence-electron chi connectivity index (χ0n) is 12.8. The van der Waals surface area contributed by atoms with Crippen molar-refractivity contribution in [2.75, 3.05) is 20.1 Å². The maximum Gasteiger partial charge on any atom is 0.142 e. The quantitative estimate of drug-likeness (QED) is 0.733. The second-order valence-electron chi connectivity index (χ2n) is 7.91. The summed E-state index contributed by atoms with van der Waals surface area (Å²) in [6.07, 6.45) is 4.73. The van der Waals surface area contributed by atoms with Crippen molar-refractivity contribution >= 4 is 11.6 Å². The molecule has 0 radical (unpaired) electrons. The summed E-state index contributed by atoms with van der Waals surface area (Å²) in [5, 5.41) is 10.9. The van der Waals surface area contributed by atoms with Crippen molar-refractivity contribution < 1.29 is 14.7 Å². The van der Waals surface area contributed by atoms with Gasteiger partial charge >= 0.3 is 0 Å². The summed E-state index contributed by atoms with van der Waals surface area (Å²) in [6.45, 7) is 1.78. The Labute approximate surface area is 125 Å². The van der Waals surface area contributed by atoms with Gasteiger partial charge in [0.05, 0.1) is 11.5 Å². The van der Waals surface area contributed by atoms with Gasteiger partial charge in [-0.3, -0.25) is 9.59 Å². The molecule has 4 bridgehead atoms. The standard InChI is InChI=1S/C17H25NO3/c1-18-5-2-4-16-12-7-11(8-14(16)20)10-17(16,15(21)9-12)13(19)3-6-18/h11-13,19H,2-10H2,1H3. The Hall–Kier alpha value is -0.740. The Balaban J connectivity index is 1.86. The predicted molar refractivity (Wildman–Crippen MR) is 77.7 cm³/mol. The average molecular weight is 291 g/mol. The van der Waals surface area contributed by atoms with Crippen LogP contribution < -0.4 is 0 Å². The number of carbonyl (C=O) groups is 2. The Bertz CT molecular complexity index is 496. The summed E-state index contributed by atoms with van der Waals surface area (Å²) in [6, 6.07) is 0. The van der Waals surface area contributed by atoms with E-state index in [1.165, 1.54) is 0 Å². The molecule has 1 N–H and O–H groups in total. The first-order valence-corrected chi connectivity index (χ1v) is 8.44. The molecule has 21 heavy (non-hydrogen) atoms. The molecule has 0 amide bonds. The first kappa shape index (κ1) is 13.9. The highest BCUT2D eigenvalue weighted by Gasteiger charge is 2.75. The van der Waals surface area contributed by atoms with E-state index in [0.717, 1.165) is 38.8 Å². The van der Waals surface area contributed by atoms with Crippen LogP contribution >= 0.6 is 0 Å². The van der Waals surface area contributed by atoms with E-state index in [1.807, 2.05) is 0 Å². The van der Waals surface area contributed by atoms with E-state index >= 15 is 0 Å². The SMILES string of the molecule is CN1CCCC23C(=O)CC4CC2CC(=O)C3(C4)C(O)CC1. The minimum absolute atomic E-state index is 0.195. The van der Waals surface area contributed by atoms with E-state index in [1.54, 1.807) is 0 Å². The molecule has 0 aromatic carbocycles. The van der Waals surface area contributed by atoms with Gasteiger partial charge in [0.1, 0.15) is 11.6 Å². The number of carbonyl (C=O) groups excluding carboxylic acids is 2. The van der Waals surface area contributed by atoms with E-state index in [-0.39, 0.29) is 11.7 Å². The van der Waals surface area contributed by atoms with Crippen molar-refractivity contribution in [3.8, 4) is 0 Å². The topological polar surface area (TPSA) is 57.6 Å². The Morgan fingerprint density at radius 2 is 1.90 bits per heavy atom. The number of fused-ring (bicyclic) bond motifs is 1. The number of aliphatic hydroxyl groups excluding tert-OH is 1. The highest BCUT2D eigenvalue weighted by atomic mass is 16.3. The van der Waals surface area contributed by atoms with Crippen molar-refractivity contribution in [2.24, 2.45) is 22.7 Å². The number of aliphatic hydroxyl groups is 1. The van der Waals surface area contributed by atoms with Crippen molar-refractivity contribution in [1.29, 1.82) is 0 Å². The van der Waals surface area contributed by atoms with Gasteiger partial charge in [-0.1, -0.05) is 0 Å². The molecule has 4 saturated carbocycles. The van der Waals surface area contributed by atoms with Gasteiger partial charge in [-0.25, -0.2) is 0 Å². The van der Waals surface area contributed by atoms with Gasteiger partial charge in [0, 0.05) is 24.8 Å². The van der Waals surface area contributed by atoms with E-state index in [0.29, 0.717) is 31.0 Å². The Kier molecular flexibility index (Phi) is 2.90. The molecule has 4 nitrogen and oxygen atoms in total. The Morgan fingerprint density at radius 3 is 2.71 bits per heavy atom. The molecule has 116 valence electrons. The molecule has 5 rings (SSSR count). The molecule has 4 aliphatic carbocycles. The third-order valence-electron chi connectivity index (χ3n) is 7.09. The lowest BCUT2D eigenvalue weighted by Gasteiger charge is -2.58. The molecular weight excluding hydrogens is 266 g/mol. The van der Waals surface area contributed by atoms with Gasteiger partial charge < -0.3 is 10.0 Å². The fourth-order valence-corrected chi connectivity index (χ4v) is 6.31. The number of nitrogens with zero attached hydrogens (tertiary/aromatic N) is 1. The minimum Gasteiger partial charge on any atom is -0.392 e. The summed E-state index contributed by atoms with van der Waals surface area (Å²) in [5.41, 5.74) is -1.26. The van der Waals surface area contributed by atoms with Crippen LogP contribution in [0.1, 0.15) is 44.9 Å². The monoisotopic (exact) mass is 291 g/mol. The lowest BCUT2D eigenvalue weighted by molar-refractivity contribution is -0.180. The molecule has 1 saturated heterocycles. The number of hydrogen-bond donors (Lipinski definition) is 1. The third kappa shape index (κ3) is 1.53. The zero-order chi connectivity index (χ0) is 14.8. The number of ketones is 2. The molecule has 5 unspecified atom stereocenters. The fraction of sp³-hybridized carbons (Fsp3) is 0.882. The minimum atomic E-state index is -0.735. The maximum absolute atomic E-state index is 12.9. The molecule has 1 heterocycles. The summed E-state index contributed by atoms with van der Waals surface area (Å²) < 4.78 is 0. The van der Waals surface area contributed by atoms with Gasteiger partial charge in [-0.2, -0.15) is 0 Å². The highest BCUT2D eigenvalue weighted by molar-refractivity contribution is 6.02. The van der Waals surface area contributed by atoms with Crippen molar-refractivity contribution in [2.45, 2.75) is 51.0 Å². The predicted octanol–water partition coefficient (Wildman–Crippen LogP) is 1.41. The van der Waals surface area contributed by atoms with Crippen LogP contribution in [0.15, 0.2) is 0 Å². The van der Waals surface area contributed by atoms with Crippen LogP contribution in [0, 0.1) is 22.7 Å². The largest absolute Gasteiger partial charge is 0.392 e. The van der Waals surface area contributed by atoms with Crippen molar-refractivity contribution in [3.63, 3.8) is 0 Å². The molecule has 1 spiro atoms. The molecular formula is C17H25NO3. The van der Waals surface area contributed by atoms with E-state index in [2.05, 4.69) is 11.9 Å². The second-order valence-corrected chi connectivity index (χ2v) is 7.91. The lowest BCUT2D eigenvalue weighted by Crippen LogP contribution is -2.63. The van der Waals surface area contributed by atoms with E-state index in [4.69, 9.17) is 0 Å². The maximum atomic E-state index is 12.9. The first-order valence-electron chi connectivity index (χ1n) is 8.44. The van der Waals surface area contributed by atoms with Crippen molar-refractivity contribution in [1.82, 2.24) is 4.90 Å². The molecule has 5 fully saturated rings. The summed E-state index contributed by atoms with van der Waals surface area (Å²) in [5.74, 6) is 1.04. The number of hydrogen-bond acceptors (Lipinski definition) is 4. The number of rotatable bonds is 0. The van der Waals surface area contributed by atoms with E-state index < -0.39 is 16.9 Å².